The SMILES string of the molecule is [CH]=CCCCc1cccc2ccccc12. The Kier molecular flexibility index (Phi) is 3.18. The zero-order valence-corrected chi connectivity index (χ0v) is 8.82. The lowest BCUT2D eigenvalue weighted by Crippen LogP contribution is -1.86. The van der Waals surface area contributed by atoms with Crippen molar-refractivity contribution in [3.63, 3.8) is 0 Å². The molecule has 0 aliphatic rings. The quantitative estimate of drug-likeness (QED) is 0.643. The highest BCUT2D eigenvalue weighted by atomic mass is 14.0. The van der Waals surface area contributed by atoms with E-state index in [0.717, 1.165) is 19.3 Å². The Balaban J connectivity index is 2.30. The van der Waals surface area contributed by atoms with Crippen LogP contribution in [0.5, 0.6) is 0 Å². The van der Waals surface area contributed by atoms with Gasteiger partial charge in [0.05, 0.1) is 0 Å². The van der Waals surface area contributed by atoms with Crippen LogP contribution in [-0.4, -0.2) is 0 Å². The van der Waals surface area contributed by atoms with Crippen molar-refractivity contribution in [1.29, 1.82) is 0 Å². The zero-order valence-electron chi connectivity index (χ0n) is 8.82. The van der Waals surface area contributed by atoms with Gasteiger partial charge in [-0.05, 0) is 35.6 Å². The largest absolute Gasteiger partial charge is 0.0845 e. The van der Waals surface area contributed by atoms with Crippen LogP contribution in [0.4, 0.5) is 0 Å². The predicted molar refractivity (Wildman–Crippen MR) is 65.8 cm³/mol. The standard InChI is InChI=1S/C15H15/c1-2-3-4-8-13-10-7-11-14-9-5-6-12-15(13)14/h1-2,5-7,9-12H,3-4,8H2. The van der Waals surface area contributed by atoms with Gasteiger partial charge in [-0.3, -0.25) is 0 Å². The van der Waals surface area contributed by atoms with E-state index in [1.165, 1.54) is 16.3 Å². The van der Waals surface area contributed by atoms with Crippen molar-refractivity contribution in [2.24, 2.45) is 0 Å². The van der Waals surface area contributed by atoms with E-state index < -0.39 is 0 Å². The van der Waals surface area contributed by atoms with E-state index in [4.69, 9.17) is 6.58 Å². The summed E-state index contributed by atoms with van der Waals surface area (Å²) in [6, 6.07) is 15.0. The van der Waals surface area contributed by atoms with E-state index in [-0.39, 0.29) is 0 Å². The first kappa shape index (κ1) is 9.97. The first-order valence-electron chi connectivity index (χ1n) is 5.42. The molecule has 1 radical (unpaired) electrons. The van der Waals surface area contributed by atoms with Gasteiger partial charge in [-0.1, -0.05) is 55.1 Å². The summed E-state index contributed by atoms with van der Waals surface area (Å²) in [5.41, 5.74) is 1.43. The van der Waals surface area contributed by atoms with E-state index in [9.17, 15) is 0 Å². The van der Waals surface area contributed by atoms with Crippen LogP contribution in [0.1, 0.15) is 18.4 Å². The van der Waals surface area contributed by atoms with Crippen LogP contribution in [0.2, 0.25) is 0 Å². The molecule has 0 atom stereocenters. The van der Waals surface area contributed by atoms with Gasteiger partial charge in [0.15, 0.2) is 0 Å². The van der Waals surface area contributed by atoms with Crippen molar-refractivity contribution in [3.05, 3.63) is 60.7 Å². The second-order valence-electron chi connectivity index (χ2n) is 3.77. The lowest BCUT2D eigenvalue weighted by molar-refractivity contribution is 0.848. The second kappa shape index (κ2) is 4.79. The minimum Gasteiger partial charge on any atom is -0.0845 e. The molecule has 0 bridgehead atoms. The molecule has 2 aromatic carbocycles. The summed E-state index contributed by atoms with van der Waals surface area (Å²) in [5.74, 6) is 0. The molecule has 0 N–H and O–H groups in total. The summed E-state index contributed by atoms with van der Waals surface area (Å²) < 4.78 is 0. The van der Waals surface area contributed by atoms with Crippen LogP contribution in [0.25, 0.3) is 10.8 Å². The first-order valence-corrected chi connectivity index (χ1v) is 5.42. The first-order chi connectivity index (χ1) is 7.42. The van der Waals surface area contributed by atoms with Gasteiger partial charge in [0.1, 0.15) is 0 Å². The second-order valence-corrected chi connectivity index (χ2v) is 3.77. The maximum atomic E-state index is 5.38. The molecule has 0 heterocycles. The number of aryl methyl sites for hydroxylation is 1. The summed E-state index contributed by atoms with van der Waals surface area (Å²) in [4.78, 5) is 0. The summed E-state index contributed by atoms with van der Waals surface area (Å²) >= 11 is 0. The van der Waals surface area contributed by atoms with Crippen LogP contribution >= 0.6 is 0 Å². The Morgan fingerprint density at radius 1 is 1.00 bits per heavy atom. The van der Waals surface area contributed by atoms with E-state index in [2.05, 4.69) is 42.5 Å². The summed E-state index contributed by atoms with van der Waals surface area (Å²) in [5, 5.41) is 2.70. The van der Waals surface area contributed by atoms with Gasteiger partial charge < -0.3 is 0 Å². The van der Waals surface area contributed by atoms with Crippen LogP contribution in [-0.2, 0) is 6.42 Å². The Morgan fingerprint density at radius 3 is 2.67 bits per heavy atom. The van der Waals surface area contributed by atoms with Gasteiger partial charge in [-0.2, -0.15) is 0 Å². The molecule has 0 saturated heterocycles. The molecule has 0 aromatic heterocycles. The number of fused-ring (bicyclic) bond motifs is 1. The number of hydrogen-bond donors (Lipinski definition) is 0. The fourth-order valence-electron chi connectivity index (χ4n) is 1.92. The minimum absolute atomic E-state index is 0.989. The average molecular weight is 195 g/mol. The maximum absolute atomic E-state index is 5.38. The molecule has 0 saturated carbocycles. The molecule has 75 valence electrons. The fraction of sp³-hybridized carbons (Fsp3) is 0.200. The Labute approximate surface area is 91.2 Å². The van der Waals surface area contributed by atoms with Crippen LogP contribution in [0.15, 0.2) is 48.5 Å². The maximum Gasteiger partial charge on any atom is -0.0152 e. The third kappa shape index (κ3) is 2.27. The predicted octanol–water partition coefficient (Wildman–Crippen LogP) is 4.15. The molecule has 15 heavy (non-hydrogen) atoms. The van der Waals surface area contributed by atoms with E-state index in [0.29, 0.717) is 0 Å². The Hall–Kier alpha value is -1.56. The summed E-state index contributed by atoms with van der Waals surface area (Å²) in [6.07, 6.45) is 4.97. The molecule has 0 nitrogen and oxygen atoms in total. The average Bonchev–Trinajstić information content (AvgIpc) is 2.30. The molecule has 0 fully saturated rings. The van der Waals surface area contributed by atoms with Crippen molar-refractivity contribution in [2.45, 2.75) is 19.3 Å². The number of unbranched alkanes of at least 4 members (excludes halogenated alkanes) is 1. The number of benzene rings is 2. The van der Waals surface area contributed by atoms with Crippen LogP contribution < -0.4 is 0 Å². The lowest BCUT2D eigenvalue weighted by Gasteiger charge is -2.05. The Bertz CT molecular complexity index is 449. The number of hydrogen-bond acceptors (Lipinski definition) is 0. The summed E-state index contributed by atoms with van der Waals surface area (Å²) in [7, 11) is 0. The lowest BCUT2D eigenvalue weighted by atomic mass is 10.0. The van der Waals surface area contributed by atoms with Crippen LogP contribution in [0, 0.1) is 6.58 Å². The highest BCUT2D eigenvalue weighted by Gasteiger charge is 1.98. The van der Waals surface area contributed by atoms with E-state index >= 15 is 0 Å². The van der Waals surface area contributed by atoms with Crippen molar-refractivity contribution in [1.82, 2.24) is 0 Å². The van der Waals surface area contributed by atoms with Crippen molar-refractivity contribution < 1.29 is 0 Å². The summed E-state index contributed by atoms with van der Waals surface area (Å²) in [6.45, 7) is 5.38. The highest BCUT2D eigenvalue weighted by Crippen LogP contribution is 2.19. The molecule has 0 spiro atoms. The molecule has 2 rings (SSSR count). The third-order valence-corrected chi connectivity index (χ3v) is 2.70. The smallest absolute Gasteiger partial charge is 0.0152 e. The minimum atomic E-state index is 0.989. The van der Waals surface area contributed by atoms with E-state index in [1.807, 2.05) is 0 Å². The van der Waals surface area contributed by atoms with Gasteiger partial charge in [-0.15, -0.1) is 0 Å². The van der Waals surface area contributed by atoms with Crippen molar-refractivity contribution >= 4 is 10.8 Å². The van der Waals surface area contributed by atoms with Gasteiger partial charge in [0.2, 0.25) is 0 Å². The Morgan fingerprint density at radius 2 is 1.80 bits per heavy atom. The highest BCUT2D eigenvalue weighted by molar-refractivity contribution is 5.85. The number of rotatable bonds is 4. The fourth-order valence-corrected chi connectivity index (χ4v) is 1.92. The molecule has 0 aliphatic heterocycles. The molecule has 0 heteroatoms. The van der Waals surface area contributed by atoms with Gasteiger partial charge >= 0.3 is 0 Å². The van der Waals surface area contributed by atoms with E-state index in [1.54, 1.807) is 6.08 Å². The normalized spacial score (nSPS) is 10.4. The monoisotopic (exact) mass is 195 g/mol. The third-order valence-electron chi connectivity index (χ3n) is 2.70. The van der Waals surface area contributed by atoms with Crippen LogP contribution in [0.3, 0.4) is 0 Å². The van der Waals surface area contributed by atoms with Gasteiger partial charge in [0.25, 0.3) is 0 Å². The topological polar surface area (TPSA) is 0 Å². The zero-order chi connectivity index (χ0) is 10.5. The van der Waals surface area contributed by atoms with Crippen molar-refractivity contribution in [2.75, 3.05) is 0 Å². The number of allylic oxidation sites excluding steroid dienone is 1. The molecule has 0 unspecified atom stereocenters. The molecular weight excluding hydrogens is 180 g/mol. The molecule has 0 amide bonds. The molecular formula is C15H15. The van der Waals surface area contributed by atoms with Crippen molar-refractivity contribution in [3.8, 4) is 0 Å². The molecule has 0 aliphatic carbocycles. The van der Waals surface area contributed by atoms with Gasteiger partial charge in [0, 0.05) is 0 Å². The molecule has 2 aromatic rings. The van der Waals surface area contributed by atoms with Gasteiger partial charge in [-0.25, -0.2) is 0 Å².